The van der Waals surface area contributed by atoms with Crippen LogP contribution < -0.4 is 10.9 Å². The molecule has 1 aliphatic carbocycles. The highest BCUT2D eigenvalue weighted by Crippen LogP contribution is 2.36. The van der Waals surface area contributed by atoms with Crippen LogP contribution in [0.5, 0.6) is 0 Å². The van der Waals surface area contributed by atoms with Crippen LogP contribution in [0, 0.1) is 5.41 Å². The summed E-state index contributed by atoms with van der Waals surface area (Å²) in [4.78, 5) is 12.1. The van der Waals surface area contributed by atoms with E-state index in [1.54, 1.807) is 6.20 Å². The summed E-state index contributed by atoms with van der Waals surface area (Å²) in [6.07, 6.45) is 8.22. The Morgan fingerprint density at radius 1 is 1.43 bits per heavy atom. The third-order valence-electron chi connectivity index (χ3n) is 4.32. The molecule has 0 saturated heterocycles. The zero-order valence-corrected chi connectivity index (χ0v) is 14.2. The second kappa shape index (κ2) is 7.40. The predicted molar refractivity (Wildman–Crippen MR) is 87.6 cm³/mol. The van der Waals surface area contributed by atoms with Crippen LogP contribution in [0.3, 0.4) is 0 Å². The number of halogens is 1. The van der Waals surface area contributed by atoms with E-state index >= 15 is 0 Å². The lowest BCUT2D eigenvalue weighted by Gasteiger charge is -2.36. The van der Waals surface area contributed by atoms with Gasteiger partial charge in [0, 0.05) is 18.5 Å². The molecule has 2 rings (SSSR count). The van der Waals surface area contributed by atoms with Crippen LogP contribution in [0.4, 0.5) is 5.69 Å². The molecule has 2 N–H and O–H groups in total. The fourth-order valence-electron chi connectivity index (χ4n) is 2.93. The van der Waals surface area contributed by atoms with Crippen molar-refractivity contribution in [3.63, 3.8) is 0 Å². The molecule has 21 heavy (non-hydrogen) atoms. The molecule has 0 amide bonds. The van der Waals surface area contributed by atoms with E-state index in [4.69, 9.17) is 0 Å². The number of anilines is 1. The summed E-state index contributed by atoms with van der Waals surface area (Å²) in [6.45, 7) is 3.51. The Bertz CT molecular complexity index is 524. The summed E-state index contributed by atoms with van der Waals surface area (Å²) in [6, 6.07) is 0. The highest BCUT2D eigenvalue weighted by Gasteiger charge is 2.31. The van der Waals surface area contributed by atoms with Crippen molar-refractivity contribution in [2.45, 2.75) is 52.0 Å². The first-order valence-corrected chi connectivity index (χ1v) is 8.51. The van der Waals surface area contributed by atoms with Crippen LogP contribution >= 0.6 is 15.9 Å². The van der Waals surface area contributed by atoms with E-state index in [2.05, 4.69) is 26.3 Å². The van der Waals surface area contributed by atoms with Crippen molar-refractivity contribution in [3.8, 4) is 0 Å². The van der Waals surface area contributed by atoms with Gasteiger partial charge in [0.15, 0.2) is 0 Å². The van der Waals surface area contributed by atoms with Gasteiger partial charge < -0.3 is 10.4 Å². The van der Waals surface area contributed by atoms with E-state index in [1.165, 1.54) is 23.9 Å². The number of aliphatic hydroxyl groups is 1. The Morgan fingerprint density at radius 3 is 2.76 bits per heavy atom. The number of rotatable bonds is 6. The second-order valence-electron chi connectivity index (χ2n) is 5.97. The van der Waals surface area contributed by atoms with Crippen LogP contribution in [-0.4, -0.2) is 28.0 Å². The first kappa shape index (κ1) is 16.5. The van der Waals surface area contributed by atoms with Gasteiger partial charge in [-0.2, -0.15) is 5.10 Å². The molecule has 1 aliphatic rings. The van der Waals surface area contributed by atoms with Gasteiger partial charge in [-0.25, -0.2) is 4.68 Å². The maximum Gasteiger partial charge on any atom is 0.283 e. The van der Waals surface area contributed by atoms with Crippen LogP contribution in [0.1, 0.15) is 45.4 Å². The molecule has 0 bridgehead atoms. The molecule has 0 spiro atoms. The fraction of sp³-hybridized carbons (Fsp3) is 0.733. The molecule has 5 nitrogen and oxygen atoms in total. The lowest BCUT2D eigenvalue weighted by atomic mass is 9.74. The Hall–Kier alpha value is -0.880. The average molecular weight is 358 g/mol. The minimum Gasteiger partial charge on any atom is -0.396 e. The zero-order chi connectivity index (χ0) is 15.3. The number of nitrogens with one attached hydrogen (secondary N) is 1. The molecule has 1 fully saturated rings. The third-order valence-corrected chi connectivity index (χ3v) is 5.09. The first-order valence-electron chi connectivity index (χ1n) is 7.72. The van der Waals surface area contributed by atoms with Crippen molar-refractivity contribution in [1.29, 1.82) is 0 Å². The standard InChI is InChI=1S/C15H24BrN3O2/c1-2-8-19-14(21)13(16)12(9-18-19)17-10-15(11-20)6-4-3-5-7-15/h9,17,20H,2-8,10-11H2,1H3. The Balaban J connectivity index is 2.09. The van der Waals surface area contributed by atoms with E-state index in [0.717, 1.165) is 19.3 Å². The topological polar surface area (TPSA) is 67.2 Å². The Morgan fingerprint density at radius 2 is 2.14 bits per heavy atom. The minimum absolute atomic E-state index is 0.0596. The number of hydrogen-bond acceptors (Lipinski definition) is 4. The van der Waals surface area contributed by atoms with Gasteiger partial charge in [-0.3, -0.25) is 4.79 Å². The first-order chi connectivity index (χ1) is 10.1. The largest absolute Gasteiger partial charge is 0.396 e. The van der Waals surface area contributed by atoms with Crippen LogP contribution in [0.2, 0.25) is 0 Å². The summed E-state index contributed by atoms with van der Waals surface area (Å²) in [5, 5.41) is 17.2. The van der Waals surface area contributed by atoms with Gasteiger partial charge >= 0.3 is 0 Å². The van der Waals surface area contributed by atoms with Crippen molar-refractivity contribution >= 4 is 21.6 Å². The molecule has 1 heterocycles. The Kier molecular flexibility index (Phi) is 5.81. The summed E-state index contributed by atoms with van der Waals surface area (Å²) < 4.78 is 1.99. The van der Waals surface area contributed by atoms with Crippen molar-refractivity contribution in [2.24, 2.45) is 5.41 Å². The van der Waals surface area contributed by atoms with Gasteiger partial charge in [0.05, 0.1) is 18.5 Å². The molecule has 1 aromatic rings. The van der Waals surface area contributed by atoms with Gasteiger partial charge in [-0.1, -0.05) is 26.2 Å². The number of aryl methyl sites for hydroxylation is 1. The van der Waals surface area contributed by atoms with Gasteiger partial charge in [-0.05, 0) is 35.2 Å². The smallest absolute Gasteiger partial charge is 0.283 e. The zero-order valence-electron chi connectivity index (χ0n) is 12.6. The fourth-order valence-corrected chi connectivity index (χ4v) is 3.38. The molecule has 0 atom stereocenters. The normalized spacial score (nSPS) is 17.7. The summed E-state index contributed by atoms with van der Waals surface area (Å²) in [5.41, 5.74) is 0.546. The molecule has 118 valence electrons. The van der Waals surface area contributed by atoms with Crippen molar-refractivity contribution in [1.82, 2.24) is 9.78 Å². The summed E-state index contributed by atoms with van der Waals surface area (Å²) in [7, 11) is 0. The van der Waals surface area contributed by atoms with E-state index in [0.29, 0.717) is 23.2 Å². The van der Waals surface area contributed by atoms with Crippen LogP contribution in [-0.2, 0) is 6.54 Å². The van der Waals surface area contributed by atoms with Crippen LogP contribution in [0.15, 0.2) is 15.5 Å². The molecular formula is C15H24BrN3O2. The van der Waals surface area contributed by atoms with E-state index < -0.39 is 0 Å². The molecule has 1 aromatic heterocycles. The van der Waals surface area contributed by atoms with Crippen molar-refractivity contribution in [2.75, 3.05) is 18.5 Å². The van der Waals surface area contributed by atoms with Gasteiger partial charge in [-0.15, -0.1) is 0 Å². The molecule has 0 aliphatic heterocycles. The maximum absolute atomic E-state index is 12.1. The third kappa shape index (κ3) is 3.86. The number of aromatic nitrogens is 2. The molecule has 0 aromatic carbocycles. The summed E-state index contributed by atoms with van der Waals surface area (Å²) >= 11 is 3.37. The van der Waals surface area contributed by atoms with Crippen molar-refractivity contribution < 1.29 is 5.11 Å². The van der Waals surface area contributed by atoms with Gasteiger partial charge in [0.1, 0.15) is 4.47 Å². The molecule has 6 heteroatoms. The number of nitrogens with zero attached hydrogens (tertiary/aromatic N) is 2. The molecule has 0 radical (unpaired) electrons. The van der Waals surface area contributed by atoms with E-state index in [9.17, 15) is 9.90 Å². The second-order valence-corrected chi connectivity index (χ2v) is 6.77. The maximum atomic E-state index is 12.1. The molecular weight excluding hydrogens is 334 g/mol. The van der Waals surface area contributed by atoms with Gasteiger partial charge in [0.2, 0.25) is 0 Å². The number of aliphatic hydroxyl groups excluding tert-OH is 1. The minimum atomic E-state index is -0.108. The van der Waals surface area contributed by atoms with Gasteiger partial charge in [0.25, 0.3) is 5.56 Å². The quantitative estimate of drug-likeness (QED) is 0.821. The van der Waals surface area contributed by atoms with Crippen molar-refractivity contribution in [3.05, 3.63) is 21.0 Å². The number of hydrogen-bond donors (Lipinski definition) is 2. The highest BCUT2D eigenvalue weighted by molar-refractivity contribution is 9.10. The van der Waals surface area contributed by atoms with E-state index in [-0.39, 0.29) is 17.6 Å². The molecule has 0 unspecified atom stereocenters. The molecule has 1 saturated carbocycles. The lowest BCUT2D eigenvalue weighted by Crippen LogP contribution is -2.36. The predicted octanol–water partition coefficient (Wildman–Crippen LogP) is 2.77. The Labute approximate surface area is 133 Å². The van der Waals surface area contributed by atoms with E-state index in [1.807, 2.05) is 6.92 Å². The van der Waals surface area contributed by atoms with Crippen LogP contribution in [0.25, 0.3) is 0 Å². The highest BCUT2D eigenvalue weighted by atomic mass is 79.9. The summed E-state index contributed by atoms with van der Waals surface area (Å²) in [5.74, 6) is 0. The average Bonchev–Trinajstić information content (AvgIpc) is 2.52. The SMILES string of the molecule is CCCn1ncc(NCC2(CO)CCCCC2)c(Br)c1=O. The monoisotopic (exact) mass is 357 g/mol. The lowest BCUT2D eigenvalue weighted by molar-refractivity contribution is 0.0944.